The van der Waals surface area contributed by atoms with E-state index < -0.39 is 4.92 Å². The zero-order chi connectivity index (χ0) is 16.4. The van der Waals surface area contributed by atoms with Crippen molar-refractivity contribution >= 4 is 12.2 Å². The highest BCUT2D eigenvalue weighted by Crippen LogP contribution is 2.34. The van der Waals surface area contributed by atoms with Crippen LogP contribution >= 0.6 is 0 Å². The van der Waals surface area contributed by atoms with Crippen LogP contribution in [0.1, 0.15) is 11.1 Å². The highest BCUT2D eigenvalue weighted by Gasteiger charge is 2.12. The predicted molar refractivity (Wildman–Crippen MR) is 82.4 cm³/mol. The van der Waals surface area contributed by atoms with E-state index in [0.717, 1.165) is 11.8 Å². The van der Waals surface area contributed by atoms with Crippen LogP contribution in [0.3, 0.4) is 0 Å². The normalized spacial score (nSPS) is 11.0. The van der Waals surface area contributed by atoms with Crippen molar-refractivity contribution < 1.29 is 23.9 Å². The van der Waals surface area contributed by atoms with Crippen LogP contribution in [0.5, 0.6) is 11.5 Å². The van der Waals surface area contributed by atoms with Crippen molar-refractivity contribution in [3.63, 3.8) is 0 Å². The number of hydrogen-bond donors (Lipinski definition) is 0. The summed E-state index contributed by atoms with van der Waals surface area (Å²) in [5.41, 5.74) is 1.30. The second-order valence-electron chi connectivity index (χ2n) is 4.12. The first-order valence-corrected chi connectivity index (χ1v) is 6.47. The maximum atomic E-state index is 10.5. The predicted octanol–water partition coefficient (Wildman–Crippen LogP) is 2.58. The van der Waals surface area contributed by atoms with E-state index in [4.69, 9.17) is 18.9 Å². The lowest BCUT2D eigenvalue weighted by atomic mass is 10.1. The van der Waals surface area contributed by atoms with Gasteiger partial charge in [-0.25, -0.2) is 0 Å². The molecule has 0 aliphatic heterocycles. The van der Waals surface area contributed by atoms with E-state index in [1.165, 1.54) is 26.6 Å². The van der Waals surface area contributed by atoms with E-state index in [9.17, 15) is 10.1 Å². The maximum Gasteiger partial charge on any atom is 0.235 e. The zero-order valence-electron chi connectivity index (χ0n) is 12.8. The van der Waals surface area contributed by atoms with Crippen LogP contribution < -0.4 is 9.47 Å². The first-order valence-electron chi connectivity index (χ1n) is 6.47. The second-order valence-corrected chi connectivity index (χ2v) is 4.12. The molecule has 1 rings (SSSR count). The molecule has 7 nitrogen and oxygen atoms in total. The molecule has 0 bridgehead atoms. The minimum absolute atomic E-state index is 0.305. The van der Waals surface area contributed by atoms with Gasteiger partial charge < -0.3 is 18.9 Å². The number of hydrogen-bond acceptors (Lipinski definition) is 6. The van der Waals surface area contributed by atoms with Crippen molar-refractivity contribution in [3.05, 3.63) is 45.8 Å². The van der Waals surface area contributed by atoms with Gasteiger partial charge in [0.1, 0.15) is 6.61 Å². The molecule has 0 heterocycles. The minimum atomic E-state index is -0.539. The average molecular weight is 309 g/mol. The monoisotopic (exact) mass is 309 g/mol. The van der Waals surface area contributed by atoms with Gasteiger partial charge in [-0.2, -0.15) is 0 Å². The fourth-order valence-corrected chi connectivity index (χ4v) is 1.69. The summed E-state index contributed by atoms with van der Waals surface area (Å²) in [6, 6.07) is 3.49. The number of nitrogens with zero attached hydrogens (tertiary/aromatic N) is 1. The molecule has 7 heteroatoms. The minimum Gasteiger partial charge on any atom is -0.504 e. The molecule has 1 aromatic carbocycles. The molecule has 0 amide bonds. The summed E-state index contributed by atoms with van der Waals surface area (Å²) in [7, 11) is 4.60. The average Bonchev–Trinajstić information content (AvgIpc) is 2.51. The molecule has 22 heavy (non-hydrogen) atoms. The molecule has 0 saturated heterocycles. The van der Waals surface area contributed by atoms with Gasteiger partial charge in [0, 0.05) is 18.7 Å². The molecule has 120 valence electrons. The first kappa shape index (κ1) is 17.5. The van der Waals surface area contributed by atoms with Crippen LogP contribution in [0.2, 0.25) is 0 Å². The van der Waals surface area contributed by atoms with Crippen molar-refractivity contribution in [3.8, 4) is 11.5 Å². The van der Waals surface area contributed by atoms with E-state index in [-0.39, 0.29) is 0 Å². The summed E-state index contributed by atoms with van der Waals surface area (Å²) in [6.07, 6.45) is 5.42. The molecule has 0 aliphatic carbocycles. The molecular formula is C15H19NO6. The third-order valence-corrected chi connectivity index (χ3v) is 2.63. The second kappa shape index (κ2) is 9.41. The van der Waals surface area contributed by atoms with Gasteiger partial charge in [0.25, 0.3) is 0 Å². The van der Waals surface area contributed by atoms with Gasteiger partial charge in [-0.1, -0.05) is 0 Å². The Morgan fingerprint density at radius 2 is 1.95 bits per heavy atom. The van der Waals surface area contributed by atoms with E-state index in [2.05, 4.69) is 0 Å². The Morgan fingerprint density at radius 3 is 2.55 bits per heavy atom. The van der Waals surface area contributed by atoms with E-state index in [1.807, 2.05) is 0 Å². The molecular weight excluding hydrogens is 290 g/mol. The van der Waals surface area contributed by atoms with Gasteiger partial charge in [-0.15, -0.1) is 0 Å². The topological polar surface area (TPSA) is 80.1 Å². The third-order valence-electron chi connectivity index (χ3n) is 2.63. The van der Waals surface area contributed by atoms with Crippen LogP contribution in [0.15, 0.2) is 24.6 Å². The van der Waals surface area contributed by atoms with Crippen LogP contribution in [0.25, 0.3) is 12.2 Å². The van der Waals surface area contributed by atoms with Crippen LogP contribution in [0, 0.1) is 10.1 Å². The standard InChI is InChI=1S/C15H19NO6/c1-19-7-5-12-10-13(4-6-16(17)18)15(14(11-12)21-3)22-9-8-20-2/h4-7,10-11H,8-9H2,1-3H3/b6-4+,7-5+. The Balaban J connectivity index is 3.23. The van der Waals surface area contributed by atoms with E-state index in [1.54, 1.807) is 25.3 Å². The van der Waals surface area contributed by atoms with Gasteiger partial charge in [-0.05, 0) is 23.8 Å². The van der Waals surface area contributed by atoms with Crippen molar-refractivity contribution in [1.82, 2.24) is 0 Å². The Kier molecular flexibility index (Phi) is 7.49. The quantitative estimate of drug-likeness (QED) is 0.302. The number of methoxy groups -OCH3 is 3. The SMILES string of the molecule is CO/C=C/c1cc(/C=C/[N+](=O)[O-])c(OCCOC)c(OC)c1. The molecule has 0 radical (unpaired) electrons. The van der Waals surface area contributed by atoms with Crippen molar-refractivity contribution in [2.75, 3.05) is 34.5 Å². The van der Waals surface area contributed by atoms with Crippen LogP contribution in [-0.4, -0.2) is 39.5 Å². The molecule has 0 N–H and O–H groups in total. The molecule has 0 unspecified atom stereocenters. The molecule has 0 saturated carbocycles. The fraction of sp³-hybridized carbons (Fsp3) is 0.333. The van der Waals surface area contributed by atoms with Crippen LogP contribution in [0.4, 0.5) is 0 Å². The lowest BCUT2D eigenvalue weighted by Gasteiger charge is -2.14. The molecule has 0 atom stereocenters. The summed E-state index contributed by atoms with van der Waals surface area (Å²) in [5, 5.41) is 10.5. The maximum absolute atomic E-state index is 10.5. The Hall–Kier alpha value is -2.54. The first-order chi connectivity index (χ1) is 10.6. The largest absolute Gasteiger partial charge is 0.504 e. The van der Waals surface area contributed by atoms with E-state index in [0.29, 0.717) is 30.3 Å². The molecule has 0 fully saturated rings. The Bertz CT molecular complexity index is 553. The molecule has 1 aromatic rings. The Morgan fingerprint density at radius 1 is 1.18 bits per heavy atom. The molecule has 0 aliphatic rings. The summed E-state index contributed by atoms with van der Waals surface area (Å²) in [6.45, 7) is 0.701. The van der Waals surface area contributed by atoms with Gasteiger partial charge in [0.2, 0.25) is 6.20 Å². The zero-order valence-corrected chi connectivity index (χ0v) is 12.8. The van der Waals surface area contributed by atoms with Crippen molar-refractivity contribution in [1.29, 1.82) is 0 Å². The number of nitro groups is 1. The summed E-state index contributed by atoms with van der Waals surface area (Å²) >= 11 is 0. The third kappa shape index (κ3) is 5.45. The van der Waals surface area contributed by atoms with E-state index >= 15 is 0 Å². The summed E-state index contributed by atoms with van der Waals surface area (Å²) in [5.74, 6) is 0.893. The number of rotatable bonds is 9. The van der Waals surface area contributed by atoms with Gasteiger partial charge in [0.15, 0.2) is 11.5 Å². The van der Waals surface area contributed by atoms with Crippen molar-refractivity contribution in [2.45, 2.75) is 0 Å². The van der Waals surface area contributed by atoms with Crippen molar-refractivity contribution in [2.24, 2.45) is 0 Å². The van der Waals surface area contributed by atoms with Gasteiger partial charge >= 0.3 is 0 Å². The Labute approximate surface area is 128 Å². The molecule has 0 spiro atoms. The lowest BCUT2D eigenvalue weighted by Crippen LogP contribution is -2.06. The highest BCUT2D eigenvalue weighted by molar-refractivity contribution is 5.67. The van der Waals surface area contributed by atoms with Gasteiger partial charge in [-0.3, -0.25) is 10.1 Å². The smallest absolute Gasteiger partial charge is 0.235 e. The van der Waals surface area contributed by atoms with Crippen LogP contribution in [-0.2, 0) is 9.47 Å². The number of benzene rings is 1. The highest BCUT2D eigenvalue weighted by atomic mass is 16.6. The van der Waals surface area contributed by atoms with Gasteiger partial charge in [0.05, 0.1) is 32.0 Å². The lowest BCUT2D eigenvalue weighted by molar-refractivity contribution is -0.400. The summed E-state index contributed by atoms with van der Waals surface area (Å²) in [4.78, 5) is 10.0. The fourth-order valence-electron chi connectivity index (χ4n) is 1.69. The summed E-state index contributed by atoms with van der Waals surface area (Å²) < 4.78 is 20.7. The number of ether oxygens (including phenoxy) is 4. The molecule has 0 aromatic heterocycles.